The number of anilines is 1. The minimum Gasteiger partial charge on any atom is -0.461 e. The normalized spacial score (nSPS) is 15.2. The highest BCUT2D eigenvalue weighted by Crippen LogP contribution is 2.24. The number of hydrogen-bond donors (Lipinski definition) is 7. The summed E-state index contributed by atoms with van der Waals surface area (Å²) in [5.74, 6) is -1.50. The van der Waals surface area contributed by atoms with Gasteiger partial charge in [0, 0.05) is 12.2 Å². The summed E-state index contributed by atoms with van der Waals surface area (Å²) in [6, 6.07) is 4.88. The summed E-state index contributed by atoms with van der Waals surface area (Å²) in [4.78, 5) is 61.7. The number of nitrogens with one attached hydrogen (secondary N) is 6. The summed E-state index contributed by atoms with van der Waals surface area (Å²) in [6.45, 7) is 0.715. The van der Waals surface area contributed by atoms with Gasteiger partial charge in [-0.05, 0) is 70.4 Å². The van der Waals surface area contributed by atoms with Gasteiger partial charge < -0.3 is 42.4 Å². The standard InChI is InChI=1S/C30H49N7O6/c1-32-18-16-24(33-2)27(39)35-19-26(38)37-25(11-8-17-34-30(31)42)28(40)36-23-14-12-21(13-15-23)20-43-29(41)22-9-6-4-3-5-7-10-22/h12-15,22,24-25,32-33H,3-11,16-20H2,1-2H3,(H,35,39)(H,36,40)(H,37,38)(H3,31,34,42). The van der Waals surface area contributed by atoms with Crippen molar-refractivity contribution in [1.29, 1.82) is 0 Å². The second-order valence-electron chi connectivity index (χ2n) is 10.8. The quantitative estimate of drug-likeness (QED) is 0.102. The fraction of sp³-hybridized carbons (Fsp3) is 0.633. The number of hydrogen-bond acceptors (Lipinski definition) is 8. The van der Waals surface area contributed by atoms with Gasteiger partial charge in [0.1, 0.15) is 12.6 Å². The molecular formula is C30H49N7O6. The number of ether oxygens (including phenoxy) is 1. The average Bonchev–Trinajstić information content (AvgIpc) is 2.97. The molecule has 240 valence electrons. The SMILES string of the molecule is CNCCC(NC)C(=O)NCC(=O)NC(CCCNC(N)=O)C(=O)Nc1ccc(COC(=O)C2CCCCCCC2)cc1. The van der Waals surface area contributed by atoms with Gasteiger partial charge in [0.25, 0.3) is 0 Å². The molecule has 0 aliphatic heterocycles. The first kappa shape index (κ1) is 35.5. The van der Waals surface area contributed by atoms with Crippen LogP contribution in [-0.2, 0) is 30.5 Å². The molecule has 2 rings (SSSR count). The van der Waals surface area contributed by atoms with E-state index in [0.29, 0.717) is 25.1 Å². The van der Waals surface area contributed by atoms with Crippen LogP contribution in [-0.4, -0.2) is 75.5 Å². The Morgan fingerprint density at radius 2 is 1.53 bits per heavy atom. The molecule has 2 atom stereocenters. The van der Waals surface area contributed by atoms with Gasteiger partial charge in [-0.2, -0.15) is 0 Å². The summed E-state index contributed by atoms with van der Waals surface area (Å²) in [7, 11) is 3.45. The molecule has 43 heavy (non-hydrogen) atoms. The number of esters is 1. The summed E-state index contributed by atoms with van der Waals surface area (Å²) < 4.78 is 5.57. The topological polar surface area (TPSA) is 193 Å². The summed E-state index contributed by atoms with van der Waals surface area (Å²) in [5, 5.41) is 16.4. The zero-order chi connectivity index (χ0) is 31.5. The maximum atomic E-state index is 13.1. The minimum absolute atomic E-state index is 0.0411. The van der Waals surface area contributed by atoms with E-state index in [1.165, 1.54) is 6.42 Å². The van der Waals surface area contributed by atoms with Gasteiger partial charge in [-0.15, -0.1) is 0 Å². The lowest BCUT2D eigenvalue weighted by molar-refractivity contribution is -0.150. The lowest BCUT2D eigenvalue weighted by Crippen LogP contribution is -2.50. The van der Waals surface area contributed by atoms with Crippen molar-refractivity contribution in [3.05, 3.63) is 29.8 Å². The molecule has 1 aromatic rings. The molecule has 1 aromatic carbocycles. The van der Waals surface area contributed by atoms with Crippen LogP contribution in [0.2, 0.25) is 0 Å². The van der Waals surface area contributed by atoms with E-state index in [-0.39, 0.29) is 43.9 Å². The van der Waals surface area contributed by atoms with Crippen LogP contribution in [0.1, 0.15) is 69.8 Å². The molecule has 5 amide bonds. The number of rotatable bonds is 17. The zero-order valence-corrected chi connectivity index (χ0v) is 25.5. The molecule has 8 N–H and O–H groups in total. The van der Waals surface area contributed by atoms with Crippen LogP contribution >= 0.6 is 0 Å². The van der Waals surface area contributed by atoms with Crippen molar-refractivity contribution < 1.29 is 28.7 Å². The highest BCUT2D eigenvalue weighted by molar-refractivity contribution is 5.98. The van der Waals surface area contributed by atoms with Crippen molar-refractivity contribution in [3.63, 3.8) is 0 Å². The van der Waals surface area contributed by atoms with Crippen LogP contribution in [0.3, 0.4) is 0 Å². The molecular weight excluding hydrogens is 554 g/mol. The first-order chi connectivity index (χ1) is 20.7. The Labute approximate surface area is 254 Å². The molecule has 0 bridgehead atoms. The Morgan fingerprint density at radius 3 is 2.16 bits per heavy atom. The first-order valence-corrected chi connectivity index (χ1v) is 15.2. The van der Waals surface area contributed by atoms with Crippen LogP contribution in [0.15, 0.2) is 24.3 Å². The fourth-order valence-corrected chi connectivity index (χ4v) is 4.90. The lowest BCUT2D eigenvalue weighted by Gasteiger charge is -2.20. The van der Waals surface area contributed by atoms with Gasteiger partial charge in [-0.3, -0.25) is 19.2 Å². The van der Waals surface area contributed by atoms with E-state index in [4.69, 9.17) is 10.5 Å². The maximum Gasteiger partial charge on any atom is 0.312 e. The predicted molar refractivity (Wildman–Crippen MR) is 164 cm³/mol. The van der Waals surface area contributed by atoms with Gasteiger partial charge in [0.2, 0.25) is 17.7 Å². The molecule has 1 aliphatic rings. The van der Waals surface area contributed by atoms with E-state index in [9.17, 15) is 24.0 Å². The average molecular weight is 604 g/mol. The molecule has 1 saturated carbocycles. The number of urea groups is 1. The monoisotopic (exact) mass is 603 g/mol. The number of carbonyl (C=O) groups is 5. The van der Waals surface area contributed by atoms with E-state index in [1.807, 2.05) is 0 Å². The predicted octanol–water partition coefficient (Wildman–Crippen LogP) is 1.28. The molecule has 0 spiro atoms. The van der Waals surface area contributed by atoms with Crippen molar-refractivity contribution in [2.45, 2.75) is 82.9 Å². The number of nitrogens with two attached hydrogens (primary N) is 1. The number of primary amides is 1. The molecule has 13 heteroatoms. The number of likely N-dealkylation sites (N-methyl/N-ethyl adjacent to an activating group) is 1. The highest BCUT2D eigenvalue weighted by Gasteiger charge is 2.23. The van der Waals surface area contributed by atoms with E-state index in [0.717, 1.165) is 44.1 Å². The van der Waals surface area contributed by atoms with Crippen LogP contribution in [0, 0.1) is 5.92 Å². The third-order valence-electron chi connectivity index (χ3n) is 7.43. The van der Waals surface area contributed by atoms with Gasteiger partial charge in [0.15, 0.2) is 0 Å². The van der Waals surface area contributed by atoms with Crippen molar-refractivity contribution >= 4 is 35.4 Å². The van der Waals surface area contributed by atoms with Crippen LogP contribution < -0.4 is 37.6 Å². The molecule has 13 nitrogen and oxygen atoms in total. The van der Waals surface area contributed by atoms with Crippen molar-refractivity contribution in [2.24, 2.45) is 11.7 Å². The van der Waals surface area contributed by atoms with Crippen molar-refractivity contribution in [2.75, 3.05) is 39.0 Å². The molecule has 2 unspecified atom stereocenters. The van der Waals surface area contributed by atoms with Gasteiger partial charge in [-0.25, -0.2) is 4.79 Å². The van der Waals surface area contributed by atoms with Gasteiger partial charge >= 0.3 is 12.0 Å². The Kier molecular flexibility index (Phi) is 16.7. The molecule has 0 saturated heterocycles. The van der Waals surface area contributed by atoms with E-state index in [1.54, 1.807) is 38.4 Å². The van der Waals surface area contributed by atoms with Crippen molar-refractivity contribution in [3.8, 4) is 0 Å². The Balaban J connectivity index is 1.91. The number of amides is 5. The summed E-state index contributed by atoms with van der Waals surface area (Å²) in [5.41, 5.74) is 6.41. The smallest absolute Gasteiger partial charge is 0.312 e. The van der Waals surface area contributed by atoms with E-state index >= 15 is 0 Å². The zero-order valence-electron chi connectivity index (χ0n) is 25.5. The van der Waals surface area contributed by atoms with E-state index < -0.39 is 29.9 Å². The van der Waals surface area contributed by atoms with Gasteiger partial charge in [-0.1, -0.05) is 44.2 Å². The Hall–Kier alpha value is -3.71. The van der Waals surface area contributed by atoms with Crippen LogP contribution in [0.5, 0.6) is 0 Å². The molecule has 1 fully saturated rings. The number of benzene rings is 1. The van der Waals surface area contributed by atoms with Crippen LogP contribution in [0.25, 0.3) is 0 Å². The summed E-state index contributed by atoms with van der Waals surface area (Å²) >= 11 is 0. The number of carbonyl (C=O) groups excluding carboxylic acids is 5. The lowest BCUT2D eigenvalue weighted by atomic mass is 9.91. The van der Waals surface area contributed by atoms with Gasteiger partial charge in [0.05, 0.1) is 18.5 Å². The van der Waals surface area contributed by atoms with Crippen LogP contribution in [0.4, 0.5) is 10.5 Å². The molecule has 0 aromatic heterocycles. The maximum absolute atomic E-state index is 13.1. The Bertz CT molecular complexity index is 1030. The minimum atomic E-state index is -0.923. The largest absolute Gasteiger partial charge is 0.461 e. The third-order valence-corrected chi connectivity index (χ3v) is 7.43. The second-order valence-corrected chi connectivity index (χ2v) is 10.8. The third kappa shape index (κ3) is 14.3. The van der Waals surface area contributed by atoms with E-state index in [2.05, 4.69) is 31.9 Å². The summed E-state index contributed by atoms with van der Waals surface area (Å²) in [6.07, 6.45) is 8.57. The van der Waals surface area contributed by atoms with Crippen molar-refractivity contribution in [1.82, 2.24) is 26.6 Å². The Morgan fingerprint density at radius 1 is 0.860 bits per heavy atom. The molecule has 0 heterocycles. The first-order valence-electron chi connectivity index (χ1n) is 15.2. The fourth-order valence-electron chi connectivity index (χ4n) is 4.90. The molecule has 0 radical (unpaired) electrons. The second kappa shape index (κ2) is 20.2. The molecule has 1 aliphatic carbocycles. The highest BCUT2D eigenvalue weighted by atomic mass is 16.5.